The fraction of sp³-hybridized carbons (Fsp3) is 0.500. The monoisotopic (exact) mass is 385 g/mol. The minimum absolute atomic E-state index is 0.0866. The Hall–Kier alpha value is -2.31. The summed E-state index contributed by atoms with van der Waals surface area (Å²) < 4.78 is 16.5. The van der Waals surface area contributed by atoms with Gasteiger partial charge in [-0.3, -0.25) is 4.99 Å². The Morgan fingerprint density at radius 2 is 1.93 bits per heavy atom. The number of rotatable bonds is 9. The molecule has 1 aliphatic heterocycles. The van der Waals surface area contributed by atoms with E-state index >= 15 is 0 Å². The van der Waals surface area contributed by atoms with Crippen LogP contribution in [0.4, 0.5) is 0 Å². The molecule has 0 saturated carbocycles. The summed E-state index contributed by atoms with van der Waals surface area (Å²) >= 11 is 0. The number of nitrogens with one attached hydrogen (secondary N) is 2. The van der Waals surface area contributed by atoms with Crippen molar-refractivity contribution < 1.29 is 13.9 Å². The Bertz CT molecular complexity index is 695. The van der Waals surface area contributed by atoms with Crippen molar-refractivity contribution in [1.29, 1.82) is 0 Å². The summed E-state index contributed by atoms with van der Waals surface area (Å²) in [5, 5.41) is 6.89. The van der Waals surface area contributed by atoms with E-state index in [1.807, 2.05) is 19.2 Å². The van der Waals surface area contributed by atoms with Gasteiger partial charge in [-0.05, 0) is 37.0 Å². The van der Waals surface area contributed by atoms with Gasteiger partial charge in [-0.15, -0.1) is 0 Å². The summed E-state index contributed by atoms with van der Waals surface area (Å²) in [5.74, 6) is 1.68. The van der Waals surface area contributed by atoms with Crippen molar-refractivity contribution in [3.8, 4) is 0 Å². The number of hydrogen-bond acceptors (Lipinski definition) is 4. The van der Waals surface area contributed by atoms with E-state index in [1.165, 1.54) is 5.56 Å². The maximum Gasteiger partial charge on any atom is 0.191 e. The third-order valence-electron chi connectivity index (χ3n) is 5.24. The predicted molar refractivity (Wildman–Crippen MR) is 111 cm³/mol. The first-order valence-corrected chi connectivity index (χ1v) is 10.0. The SMILES string of the molecule is CN=C(NCCCOCc1ccco1)NCC1(c2ccccc2)CCOCC1. The number of nitrogens with zero attached hydrogens (tertiary/aromatic N) is 1. The van der Waals surface area contributed by atoms with Gasteiger partial charge in [-0.1, -0.05) is 30.3 Å². The molecule has 1 aromatic carbocycles. The van der Waals surface area contributed by atoms with Gasteiger partial charge in [0.05, 0.1) is 6.26 Å². The molecule has 0 amide bonds. The van der Waals surface area contributed by atoms with Crippen LogP contribution in [0.2, 0.25) is 0 Å². The molecule has 0 unspecified atom stereocenters. The first-order valence-electron chi connectivity index (χ1n) is 10.0. The van der Waals surface area contributed by atoms with Crippen molar-refractivity contribution >= 4 is 5.96 Å². The molecule has 1 aliphatic rings. The molecule has 6 nitrogen and oxygen atoms in total. The first-order chi connectivity index (χ1) is 13.8. The Morgan fingerprint density at radius 1 is 1.11 bits per heavy atom. The third-order valence-corrected chi connectivity index (χ3v) is 5.24. The average Bonchev–Trinajstić information content (AvgIpc) is 3.27. The van der Waals surface area contributed by atoms with Crippen molar-refractivity contribution in [1.82, 2.24) is 10.6 Å². The van der Waals surface area contributed by atoms with Crippen LogP contribution in [-0.2, 0) is 21.5 Å². The second-order valence-electron chi connectivity index (χ2n) is 7.10. The molecule has 1 aromatic heterocycles. The van der Waals surface area contributed by atoms with Crippen LogP contribution in [0.3, 0.4) is 0 Å². The van der Waals surface area contributed by atoms with Gasteiger partial charge >= 0.3 is 0 Å². The normalized spacial score (nSPS) is 16.7. The Balaban J connectivity index is 1.42. The number of ether oxygens (including phenoxy) is 2. The standard InChI is InChI=1S/C22H31N3O3/c1-23-21(24-12-6-13-27-17-20-9-5-14-28-20)25-18-22(10-15-26-16-11-22)19-7-3-2-4-8-19/h2-5,7-9,14H,6,10-13,15-18H2,1H3,(H2,23,24,25). The summed E-state index contributed by atoms with van der Waals surface area (Å²) in [6.07, 6.45) is 4.60. The van der Waals surface area contributed by atoms with Gasteiger partial charge in [0.2, 0.25) is 0 Å². The number of guanidine groups is 1. The molecule has 2 aromatic rings. The molecule has 152 valence electrons. The van der Waals surface area contributed by atoms with Crippen molar-refractivity contribution in [2.45, 2.75) is 31.3 Å². The lowest BCUT2D eigenvalue weighted by atomic mass is 9.74. The van der Waals surface area contributed by atoms with E-state index in [0.717, 1.165) is 57.3 Å². The minimum atomic E-state index is 0.0866. The van der Waals surface area contributed by atoms with E-state index in [2.05, 4.69) is 46.0 Å². The highest BCUT2D eigenvalue weighted by Crippen LogP contribution is 2.34. The quantitative estimate of drug-likeness (QED) is 0.394. The van der Waals surface area contributed by atoms with Crippen molar-refractivity contribution in [3.63, 3.8) is 0 Å². The summed E-state index contributed by atoms with van der Waals surface area (Å²) in [4.78, 5) is 4.36. The molecule has 6 heteroatoms. The maximum atomic E-state index is 5.61. The van der Waals surface area contributed by atoms with Gasteiger partial charge in [0.1, 0.15) is 12.4 Å². The van der Waals surface area contributed by atoms with Crippen molar-refractivity contribution in [2.75, 3.05) is 40.0 Å². The van der Waals surface area contributed by atoms with Gasteiger partial charge < -0.3 is 24.5 Å². The van der Waals surface area contributed by atoms with E-state index in [9.17, 15) is 0 Å². The van der Waals surface area contributed by atoms with Crippen LogP contribution in [0, 0.1) is 0 Å². The van der Waals surface area contributed by atoms with Crippen LogP contribution in [0.1, 0.15) is 30.6 Å². The zero-order valence-corrected chi connectivity index (χ0v) is 16.7. The van der Waals surface area contributed by atoms with Crippen LogP contribution in [-0.4, -0.2) is 45.9 Å². The van der Waals surface area contributed by atoms with Gasteiger partial charge in [0.25, 0.3) is 0 Å². The zero-order chi connectivity index (χ0) is 19.5. The molecule has 1 fully saturated rings. The first kappa shape index (κ1) is 20.4. The number of benzene rings is 1. The van der Waals surface area contributed by atoms with Crippen LogP contribution in [0.15, 0.2) is 58.1 Å². The minimum Gasteiger partial charge on any atom is -0.467 e. The molecule has 0 atom stereocenters. The molecule has 0 aliphatic carbocycles. The highest BCUT2D eigenvalue weighted by atomic mass is 16.5. The lowest BCUT2D eigenvalue weighted by molar-refractivity contribution is 0.0514. The van der Waals surface area contributed by atoms with Crippen LogP contribution in [0.25, 0.3) is 0 Å². The molecular formula is C22H31N3O3. The van der Waals surface area contributed by atoms with Gasteiger partial charge in [-0.2, -0.15) is 0 Å². The zero-order valence-electron chi connectivity index (χ0n) is 16.7. The summed E-state index contributed by atoms with van der Waals surface area (Å²) in [7, 11) is 1.81. The maximum absolute atomic E-state index is 5.61. The predicted octanol–water partition coefficient (Wildman–Crippen LogP) is 3.10. The topological polar surface area (TPSA) is 68.0 Å². The molecule has 2 heterocycles. The van der Waals surface area contributed by atoms with Crippen LogP contribution in [0.5, 0.6) is 0 Å². The molecule has 3 rings (SSSR count). The fourth-order valence-corrected chi connectivity index (χ4v) is 3.54. The van der Waals surface area contributed by atoms with Crippen molar-refractivity contribution in [3.05, 3.63) is 60.1 Å². The lowest BCUT2D eigenvalue weighted by Crippen LogP contribution is -2.48. The average molecular weight is 386 g/mol. The second-order valence-corrected chi connectivity index (χ2v) is 7.10. The van der Waals surface area contributed by atoms with Gasteiger partial charge in [0.15, 0.2) is 5.96 Å². The van der Waals surface area contributed by atoms with Crippen LogP contribution >= 0.6 is 0 Å². The molecule has 1 saturated heterocycles. The fourth-order valence-electron chi connectivity index (χ4n) is 3.54. The Morgan fingerprint density at radius 3 is 2.64 bits per heavy atom. The van der Waals surface area contributed by atoms with E-state index in [4.69, 9.17) is 13.9 Å². The summed E-state index contributed by atoms with van der Waals surface area (Å²) in [6.45, 7) is 4.44. The smallest absolute Gasteiger partial charge is 0.191 e. The number of furan rings is 1. The number of hydrogen-bond donors (Lipinski definition) is 2. The number of aliphatic imine (C=N–C) groups is 1. The molecular weight excluding hydrogens is 354 g/mol. The van der Waals surface area contributed by atoms with Crippen molar-refractivity contribution in [2.24, 2.45) is 4.99 Å². The lowest BCUT2D eigenvalue weighted by Gasteiger charge is -2.38. The van der Waals surface area contributed by atoms with Gasteiger partial charge in [-0.25, -0.2) is 0 Å². The van der Waals surface area contributed by atoms with E-state index in [-0.39, 0.29) is 5.41 Å². The Labute approximate surface area is 167 Å². The summed E-state index contributed by atoms with van der Waals surface area (Å²) in [6, 6.07) is 14.5. The van der Waals surface area contributed by atoms with E-state index in [1.54, 1.807) is 6.26 Å². The molecule has 2 N–H and O–H groups in total. The molecule has 0 bridgehead atoms. The Kier molecular flexibility index (Phi) is 7.94. The van der Waals surface area contributed by atoms with E-state index in [0.29, 0.717) is 13.2 Å². The van der Waals surface area contributed by atoms with Crippen LogP contribution < -0.4 is 10.6 Å². The molecule has 0 radical (unpaired) electrons. The third kappa shape index (κ3) is 5.84. The molecule has 0 spiro atoms. The largest absolute Gasteiger partial charge is 0.467 e. The highest BCUT2D eigenvalue weighted by molar-refractivity contribution is 5.79. The summed E-state index contributed by atoms with van der Waals surface area (Å²) in [5.41, 5.74) is 1.45. The van der Waals surface area contributed by atoms with Gasteiger partial charge in [0, 0.05) is 45.4 Å². The van der Waals surface area contributed by atoms with E-state index < -0.39 is 0 Å². The highest BCUT2D eigenvalue weighted by Gasteiger charge is 2.34. The second kappa shape index (κ2) is 10.9. The molecule has 28 heavy (non-hydrogen) atoms.